The summed E-state index contributed by atoms with van der Waals surface area (Å²) in [5.41, 5.74) is 2.50. The second-order valence-corrected chi connectivity index (χ2v) is 7.49. The summed E-state index contributed by atoms with van der Waals surface area (Å²) in [5.74, 6) is -0.400. The molecule has 0 radical (unpaired) electrons. The van der Waals surface area contributed by atoms with Gasteiger partial charge < -0.3 is 19.1 Å². The number of amides is 1. The quantitative estimate of drug-likeness (QED) is 0.420. The maximum absolute atomic E-state index is 12.9. The van der Waals surface area contributed by atoms with Crippen LogP contribution >= 0.6 is 0 Å². The Labute approximate surface area is 195 Å². The predicted molar refractivity (Wildman–Crippen MR) is 125 cm³/mol. The molecule has 34 heavy (non-hydrogen) atoms. The molecule has 0 aliphatic carbocycles. The highest BCUT2D eigenvalue weighted by Gasteiger charge is 2.16. The molecule has 172 valence electrons. The number of rotatable bonds is 7. The standard InChI is InChI=1S/C25H22N4O5/c1-3-33-25(32)18-10-12-19(13-11-18)26-21(30)15-29-14-4-5-20(24(29)31)23-27-22(28-34-23)17-8-6-16(2)7-9-17/h4-14H,3,15H2,1-2H3,(H,26,30). The van der Waals surface area contributed by atoms with Crippen LogP contribution in [0.15, 0.2) is 76.2 Å². The Bertz CT molecular complexity index is 1370. The summed E-state index contributed by atoms with van der Waals surface area (Å²) in [6.07, 6.45) is 1.51. The molecule has 4 aromatic rings. The molecule has 1 amide bonds. The summed E-state index contributed by atoms with van der Waals surface area (Å²) in [4.78, 5) is 41.5. The minimum Gasteiger partial charge on any atom is -0.462 e. The number of benzene rings is 2. The average molecular weight is 458 g/mol. The van der Waals surface area contributed by atoms with E-state index in [0.717, 1.165) is 11.1 Å². The molecule has 2 heterocycles. The van der Waals surface area contributed by atoms with Gasteiger partial charge in [-0.3, -0.25) is 9.59 Å². The van der Waals surface area contributed by atoms with Crippen molar-refractivity contribution in [3.8, 4) is 22.8 Å². The third-order valence-electron chi connectivity index (χ3n) is 4.98. The zero-order valence-corrected chi connectivity index (χ0v) is 18.6. The highest BCUT2D eigenvalue weighted by atomic mass is 16.5. The molecular formula is C25H22N4O5. The third-order valence-corrected chi connectivity index (χ3v) is 4.98. The van der Waals surface area contributed by atoms with Gasteiger partial charge in [0.15, 0.2) is 0 Å². The monoisotopic (exact) mass is 458 g/mol. The molecule has 0 unspecified atom stereocenters. The molecule has 2 aromatic carbocycles. The summed E-state index contributed by atoms with van der Waals surface area (Å²) in [6, 6.07) is 17.1. The smallest absolute Gasteiger partial charge is 0.338 e. The van der Waals surface area contributed by atoms with Crippen molar-refractivity contribution in [3.05, 3.63) is 88.3 Å². The van der Waals surface area contributed by atoms with Crippen molar-refractivity contribution < 1.29 is 18.8 Å². The molecule has 0 atom stereocenters. The van der Waals surface area contributed by atoms with Crippen LogP contribution in [0, 0.1) is 6.92 Å². The lowest BCUT2D eigenvalue weighted by molar-refractivity contribution is -0.116. The maximum atomic E-state index is 12.9. The number of ether oxygens (including phenoxy) is 1. The predicted octanol–water partition coefficient (Wildman–Crippen LogP) is 3.69. The average Bonchev–Trinajstić information content (AvgIpc) is 3.31. The van der Waals surface area contributed by atoms with Crippen LogP contribution < -0.4 is 10.9 Å². The number of nitrogens with zero attached hydrogens (tertiary/aromatic N) is 3. The molecule has 1 N–H and O–H groups in total. The van der Waals surface area contributed by atoms with E-state index >= 15 is 0 Å². The molecule has 0 aliphatic heterocycles. The lowest BCUT2D eigenvalue weighted by Crippen LogP contribution is -2.28. The van der Waals surface area contributed by atoms with E-state index in [1.807, 2.05) is 31.2 Å². The topological polar surface area (TPSA) is 116 Å². The van der Waals surface area contributed by atoms with Gasteiger partial charge in [-0.25, -0.2) is 4.79 Å². The van der Waals surface area contributed by atoms with Gasteiger partial charge in [0.05, 0.1) is 12.2 Å². The highest BCUT2D eigenvalue weighted by molar-refractivity contribution is 5.93. The van der Waals surface area contributed by atoms with Crippen molar-refractivity contribution in [1.29, 1.82) is 0 Å². The molecule has 0 aliphatic rings. The van der Waals surface area contributed by atoms with Crippen LogP contribution in [0.25, 0.3) is 22.8 Å². The SMILES string of the molecule is CCOC(=O)c1ccc(NC(=O)Cn2cccc(-c3nc(-c4ccc(C)cc4)no3)c2=O)cc1. The zero-order valence-electron chi connectivity index (χ0n) is 18.6. The Balaban J connectivity index is 1.47. The van der Waals surface area contributed by atoms with E-state index in [0.29, 0.717) is 17.1 Å². The molecule has 2 aromatic heterocycles. The maximum Gasteiger partial charge on any atom is 0.338 e. The fourth-order valence-corrected chi connectivity index (χ4v) is 3.24. The zero-order chi connectivity index (χ0) is 24.1. The van der Waals surface area contributed by atoms with Crippen LogP contribution in [0.4, 0.5) is 5.69 Å². The Morgan fingerprint density at radius 2 is 1.79 bits per heavy atom. The van der Waals surface area contributed by atoms with E-state index in [-0.39, 0.29) is 24.6 Å². The lowest BCUT2D eigenvalue weighted by Gasteiger charge is -2.09. The number of nitrogens with one attached hydrogen (secondary N) is 1. The number of aryl methyl sites for hydroxylation is 1. The molecule has 9 heteroatoms. The van der Waals surface area contributed by atoms with Crippen LogP contribution in [0.5, 0.6) is 0 Å². The normalized spacial score (nSPS) is 10.6. The Morgan fingerprint density at radius 1 is 1.06 bits per heavy atom. The molecule has 0 spiro atoms. The summed E-state index contributed by atoms with van der Waals surface area (Å²) < 4.78 is 11.5. The summed E-state index contributed by atoms with van der Waals surface area (Å²) in [7, 11) is 0. The summed E-state index contributed by atoms with van der Waals surface area (Å²) >= 11 is 0. The summed E-state index contributed by atoms with van der Waals surface area (Å²) in [6.45, 7) is 3.77. The van der Waals surface area contributed by atoms with Gasteiger partial charge in [-0.05, 0) is 50.2 Å². The third kappa shape index (κ3) is 5.09. The number of anilines is 1. The Morgan fingerprint density at radius 3 is 2.50 bits per heavy atom. The fraction of sp³-hybridized carbons (Fsp3) is 0.160. The van der Waals surface area contributed by atoms with Crippen LogP contribution in [0.2, 0.25) is 0 Å². The van der Waals surface area contributed by atoms with Gasteiger partial charge in [-0.2, -0.15) is 4.98 Å². The molecule has 0 saturated heterocycles. The van der Waals surface area contributed by atoms with Crippen molar-refractivity contribution >= 4 is 17.6 Å². The van der Waals surface area contributed by atoms with Crippen molar-refractivity contribution in [2.45, 2.75) is 20.4 Å². The first-order chi connectivity index (χ1) is 16.4. The first-order valence-corrected chi connectivity index (χ1v) is 10.6. The minimum absolute atomic E-state index is 0.0740. The van der Waals surface area contributed by atoms with Crippen LogP contribution in [-0.4, -0.2) is 33.2 Å². The number of pyridine rings is 1. The van der Waals surface area contributed by atoms with Crippen LogP contribution in [0.3, 0.4) is 0 Å². The molecule has 4 rings (SSSR count). The van der Waals surface area contributed by atoms with Gasteiger partial charge in [0.25, 0.3) is 11.4 Å². The van der Waals surface area contributed by atoms with Crippen LogP contribution in [-0.2, 0) is 16.1 Å². The fourth-order valence-electron chi connectivity index (χ4n) is 3.24. The second kappa shape index (κ2) is 9.95. The molecular weight excluding hydrogens is 436 g/mol. The molecule has 0 saturated carbocycles. The number of carbonyl (C=O) groups is 2. The van der Waals surface area contributed by atoms with E-state index in [1.54, 1.807) is 43.3 Å². The largest absolute Gasteiger partial charge is 0.462 e. The van der Waals surface area contributed by atoms with Crippen molar-refractivity contribution in [2.75, 3.05) is 11.9 Å². The van der Waals surface area contributed by atoms with Crippen molar-refractivity contribution in [1.82, 2.24) is 14.7 Å². The Hall–Kier alpha value is -4.53. The van der Waals surface area contributed by atoms with E-state index < -0.39 is 17.4 Å². The van der Waals surface area contributed by atoms with Gasteiger partial charge >= 0.3 is 5.97 Å². The van der Waals surface area contributed by atoms with Crippen molar-refractivity contribution in [3.63, 3.8) is 0 Å². The first kappa shape index (κ1) is 22.7. The van der Waals surface area contributed by atoms with Gasteiger partial charge in [-0.1, -0.05) is 35.0 Å². The second-order valence-electron chi connectivity index (χ2n) is 7.49. The highest BCUT2D eigenvalue weighted by Crippen LogP contribution is 2.20. The minimum atomic E-state index is -0.436. The van der Waals surface area contributed by atoms with Gasteiger partial charge in [0.1, 0.15) is 12.1 Å². The molecule has 0 bridgehead atoms. The van der Waals surface area contributed by atoms with Crippen LogP contribution in [0.1, 0.15) is 22.8 Å². The number of aromatic nitrogens is 3. The van der Waals surface area contributed by atoms with E-state index in [9.17, 15) is 14.4 Å². The van der Waals surface area contributed by atoms with Gasteiger partial charge in [0.2, 0.25) is 11.7 Å². The van der Waals surface area contributed by atoms with E-state index in [4.69, 9.17) is 9.26 Å². The number of esters is 1. The lowest BCUT2D eigenvalue weighted by atomic mass is 10.1. The van der Waals surface area contributed by atoms with Gasteiger partial charge in [-0.15, -0.1) is 0 Å². The number of hydrogen-bond donors (Lipinski definition) is 1. The van der Waals surface area contributed by atoms with Gasteiger partial charge in [0, 0.05) is 17.4 Å². The molecule has 9 nitrogen and oxygen atoms in total. The molecule has 0 fully saturated rings. The number of hydrogen-bond acceptors (Lipinski definition) is 7. The van der Waals surface area contributed by atoms with E-state index in [2.05, 4.69) is 15.5 Å². The first-order valence-electron chi connectivity index (χ1n) is 10.6. The van der Waals surface area contributed by atoms with E-state index in [1.165, 1.54) is 10.8 Å². The Kier molecular flexibility index (Phi) is 6.63. The summed E-state index contributed by atoms with van der Waals surface area (Å²) in [5, 5.41) is 6.67. The van der Waals surface area contributed by atoms with Crippen molar-refractivity contribution in [2.24, 2.45) is 0 Å². The number of carbonyl (C=O) groups excluding carboxylic acids is 2.